The van der Waals surface area contributed by atoms with Crippen molar-refractivity contribution in [2.75, 3.05) is 13.7 Å². The van der Waals surface area contributed by atoms with Crippen molar-refractivity contribution in [2.24, 2.45) is 5.10 Å². The highest BCUT2D eigenvalue weighted by Gasteiger charge is 2.10. The molecule has 9 heteroatoms. The summed E-state index contributed by atoms with van der Waals surface area (Å²) in [5.41, 5.74) is 4.92. The van der Waals surface area contributed by atoms with Gasteiger partial charge in [-0.15, -0.1) is 0 Å². The van der Waals surface area contributed by atoms with E-state index in [0.717, 1.165) is 10.0 Å². The summed E-state index contributed by atoms with van der Waals surface area (Å²) in [5.74, 6) is 1.22. The Hall–Kier alpha value is -2.74. The number of methoxy groups -OCH3 is 1. The SMILES string of the molecule is COc1cc(/C=N/NC(=O)COc2ccc(C)cc2Br)ccc1OCc1c(Cl)cccc1Cl. The molecular formula is C24H21BrCl2N2O4. The summed E-state index contributed by atoms with van der Waals surface area (Å²) in [4.78, 5) is 12.0. The van der Waals surface area contributed by atoms with Gasteiger partial charge in [-0.05, 0) is 76.4 Å². The molecule has 0 saturated heterocycles. The van der Waals surface area contributed by atoms with Crippen LogP contribution < -0.4 is 19.6 Å². The van der Waals surface area contributed by atoms with E-state index in [9.17, 15) is 4.79 Å². The summed E-state index contributed by atoms with van der Waals surface area (Å²) >= 11 is 15.8. The molecule has 0 radical (unpaired) electrons. The second-order valence-electron chi connectivity index (χ2n) is 6.91. The van der Waals surface area contributed by atoms with Gasteiger partial charge in [0, 0.05) is 15.6 Å². The third-order valence-corrected chi connectivity index (χ3v) is 5.80. The van der Waals surface area contributed by atoms with E-state index < -0.39 is 0 Å². The second-order valence-corrected chi connectivity index (χ2v) is 8.58. The van der Waals surface area contributed by atoms with Crippen LogP contribution in [0.5, 0.6) is 17.2 Å². The third kappa shape index (κ3) is 7.12. The molecule has 0 bridgehead atoms. The van der Waals surface area contributed by atoms with Gasteiger partial charge in [0.1, 0.15) is 12.4 Å². The van der Waals surface area contributed by atoms with Crippen LogP contribution in [0.15, 0.2) is 64.2 Å². The summed E-state index contributed by atoms with van der Waals surface area (Å²) in [7, 11) is 1.54. The van der Waals surface area contributed by atoms with Crippen LogP contribution in [0.2, 0.25) is 10.0 Å². The number of carbonyl (C=O) groups is 1. The zero-order valence-corrected chi connectivity index (χ0v) is 21.0. The Morgan fingerprint density at radius 1 is 1.03 bits per heavy atom. The highest BCUT2D eigenvalue weighted by molar-refractivity contribution is 9.10. The number of nitrogens with one attached hydrogen (secondary N) is 1. The van der Waals surface area contributed by atoms with Crippen LogP contribution in [0.1, 0.15) is 16.7 Å². The predicted molar refractivity (Wildman–Crippen MR) is 134 cm³/mol. The number of hydrogen-bond acceptors (Lipinski definition) is 5. The van der Waals surface area contributed by atoms with Crippen molar-refractivity contribution < 1.29 is 19.0 Å². The quantitative estimate of drug-likeness (QED) is 0.254. The smallest absolute Gasteiger partial charge is 0.277 e. The Bertz CT molecular complexity index is 1150. The van der Waals surface area contributed by atoms with Gasteiger partial charge in [0.2, 0.25) is 0 Å². The number of benzene rings is 3. The molecule has 0 heterocycles. The van der Waals surface area contributed by atoms with Gasteiger partial charge in [0.15, 0.2) is 18.1 Å². The fourth-order valence-electron chi connectivity index (χ4n) is 2.78. The fraction of sp³-hybridized carbons (Fsp3) is 0.167. The molecular weight excluding hydrogens is 531 g/mol. The monoisotopic (exact) mass is 550 g/mol. The molecule has 0 fully saturated rings. The van der Waals surface area contributed by atoms with Gasteiger partial charge in [-0.1, -0.05) is 35.3 Å². The van der Waals surface area contributed by atoms with Gasteiger partial charge in [-0.2, -0.15) is 5.10 Å². The predicted octanol–water partition coefficient (Wildman–Crippen LogP) is 6.18. The molecule has 172 valence electrons. The number of amides is 1. The topological polar surface area (TPSA) is 69.2 Å². The first-order valence-electron chi connectivity index (χ1n) is 9.82. The molecule has 1 N–H and O–H groups in total. The van der Waals surface area contributed by atoms with E-state index in [2.05, 4.69) is 26.5 Å². The Labute approximate surface area is 210 Å². The van der Waals surface area contributed by atoms with Gasteiger partial charge in [0.05, 0.1) is 17.8 Å². The van der Waals surface area contributed by atoms with E-state index in [0.29, 0.717) is 38.4 Å². The molecule has 3 rings (SSSR count). The average molecular weight is 552 g/mol. The zero-order chi connectivity index (χ0) is 23.8. The number of ether oxygens (including phenoxy) is 3. The molecule has 0 saturated carbocycles. The summed E-state index contributed by atoms with van der Waals surface area (Å²) in [5, 5.41) is 5.02. The van der Waals surface area contributed by atoms with Crippen molar-refractivity contribution in [3.05, 3.63) is 85.8 Å². The second kappa shape index (κ2) is 11.9. The first kappa shape index (κ1) is 24.9. The molecule has 0 aromatic heterocycles. The minimum absolute atomic E-state index is 0.167. The first-order valence-corrected chi connectivity index (χ1v) is 11.4. The number of halogens is 3. The summed E-state index contributed by atoms with van der Waals surface area (Å²) in [6.45, 7) is 1.99. The lowest BCUT2D eigenvalue weighted by molar-refractivity contribution is -0.123. The lowest BCUT2D eigenvalue weighted by atomic mass is 10.2. The van der Waals surface area contributed by atoms with E-state index in [4.69, 9.17) is 37.4 Å². The molecule has 0 unspecified atom stereocenters. The van der Waals surface area contributed by atoms with Gasteiger partial charge < -0.3 is 14.2 Å². The lowest BCUT2D eigenvalue weighted by Crippen LogP contribution is -2.24. The van der Waals surface area contributed by atoms with Crippen LogP contribution in [0.4, 0.5) is 0 Å². The van der Waals surface area contributed by atoms with Crippen molar-refractivity contribution >= 4 is 51.3 Å². The van der Waals surface area contributed by atoms with Crippen molar-refractivity contribution in [3.63, 3.8) is 0 Å². The summed E-state index contributed by atoms with van der Waals surface area (Å²) in [6.07, 6.45) is 1.50. The molecule has 1 amide bonds. The summed E-state index contributed by atoms with van der Waals surface area (Å²) in [6, 6.07) is 16.1. The molecule has 0 aliphatic rings. The van der Waals surface area contributed by atoms with Crippen molar-refractivity contribution in [1.29, 1.82) is 0 Å². The molecule has 0 aliphatic carbocycles. The van der Waals surface area contributed by atoms with Crippen LogP contribution in [-0.4, -0.2) is 25.8 Å². The first-order chi connectivity index (χ1) is 15.9. The van der Waals surface area contributed by atoms with Gasteiger partial charge in [-0.25, -0.2) is 5.43 Å². The highest BCUT2D eigenvalue weighted by atomic mass is 79.9. The number of rotatable bonds is 9. The zero-order valence-electron chi connectivity index (χ0n) is 17.9. The lowest BCUT2D eigenvalue weighted by Gasteiger charge is -2.13. The van der Waals surface area contributed by atoms with Gasteiger partial charge in [0.25, 0.3) is 5.91 Å². The number of nitrogens with zero attached hydrogens (tertiary/aromatic N) is 1. The minimum Gasteiger partial charge on any atom is -0.493 e. The molecule has 0 spiro atoms. The molecule has 0 atom stereocenters. The molecule has 3 aromatic rings. The highest BCUT2D eigenvalue weighted by Crippen LogP contribution is 2.31. The van der Waals surface area contributed by atoms with Crippen LogP contribution in [0.25, 0.3) is 0 Å². The standard InChI is InChI=1S/C24H21BrCl2N2O4/c1-15-6-8-21(18(25)10-15)33-14-24(30)29-28-12-16-7-9-22(23(11-16)31-2)32-13-17-19(26)4-3-5-20(17)27/h3-12H,13-14H2,1-2H3,(H,29,30)/b28-12+. The van der Waals surface area contributed by atoms with Crippen molar-refractivity contribution in [1.82, 2.24) is 5.43 Å². The molecule has 3 aromatic carbocycles. The Kier molecular flexibility index (Phi) is 9.00. The Balaban J connectivity index is 1.55. The van der Waals surface area contributed by atoms with Crippen LogP contribution in [-0.2, 0) is 11.4 Å². The Morgan fingerprint density at radius 3 is 2.45 bits per heavy atom. The number of hydrogen-bond donors (Lipinski definition) is 1. The normalized spacial score (nSPS) is 10.8. The third-order valence-electron chi connectivity index (χ3n) is 4.47. The maximum Gasteiger partial charge on any atom is 0.277 e. The van der Waals surface area contributed by atoms with Crippen molar-refractivity contribution in [3.8, 4) is 17.2 Å². The summed E-state index contributed by atoms with van der Waals surface area (Å²) < 4.78 is 17.5. The molecule has 33 heavy (non-hydrogen) atoms. The maximum absolute atomic E-state index is 12.0. The fourth-order valence-corrected chi connectivity index (χ4v) is 3.90. The van der Waals surface area contributed by atoms with Crippen LogP contribution in [0.3, 0.4) is 0 Å². The maximum atomic E-state index is 12.0. The number of hydrazone groups is 1. The van der Waals surface area contributed by atoms with Crippen molar-refractivity contribution in [2.45, 2.75) is 13.5 Å². The van der Waals surface area contributed by atoms with E-state index >= 15 is 0 Å². The van der Waals surface area contributed by atoms with E-state index in [1.54, 1.807) is 42.5 Å². The minimum atomic E-state index is -0.387. The number of aryl methyl sites for hydroxylation is 1. The average Bonchev–Trinajstić information content (AvgIpc) is 2.78. The van der Waals surface area contributed by atoms with Crippen LogP contribution in [0, 0.1) is 6.92 Å². The number of carbonyl (C=O) groups excluding carboxylic acids is 1. The largest absolute Gasteiger partial charge is 0.493 e. The van der Waals surface area contributed by atoms with Crippen LogP contribution >= 0.6 is 39.1 Å². The van der Waals surface area contributed by atoms with E-state index in [-0.39, 0.29) is 19.1 Å². The Morgan fingerprint density at radius 2 is 1.76 bits per heavy atom. The molecule has 6 nitrogen and oxygen atoms in total. The van der Waals surface area contributed by atoms with Gasteiger partial charge >= 0.3 is 0 Å². The van der Waals surface area contributed by atoms with Gasteiger partial charge in [-0.3, -0.25) is 4.79 Å². The van der Waals surface area contributed by atoms with E-state index in [1.165, 1.54) is 13.3 Å². The molecule has 0 aliphatic heterocycles. The van der Waals surface area contributed by atoms with E-state index in [1.807, 2.05) is 19.1 Å².